The Labute approximate surface area is 102 Å². The third-order valence-electron chi connectivity index (χ3n) is 4.15. The second-order valence-electron chi connectivity index (χ2n) is 5.24. The van der Waals surface area contributed by atoms with Crippen LogP contribution in [0.25, 0.3) is 5.57 Å². The summed E-state index contributed by atoms with van der Waals surface area (Å²) in [4.78, 5) is 4.55. The second kappa shape index (κ2) is 3.43. The van der Waals surface area contributed by atoms with E-state index in [0.717, 1.165) is 6.42 Å². The van der Waals surface area contributed by atoms with Gasteiger partial charge in [0.1, 0.15) is 0 Å². The van der Waals surface area contributed by atoms with Gasteiger partial charge in [-0.15, -0.1) is 0 Å². The molecule has 3 aliphatic rings. The fraction of sp³-hybridized carbons (Fsp3) is 0.312. The Balaban J connectivity index is 1.92. The van der Waals surface area contributed by atoms with Crippen molar-refractivity contribution in [2.24, 2.45) is 5.92 Å². The van der Waals surface area contributed by atoms with Crippen LogP contribution in [-0.4, -0.2) is 4.98 Å². The molecule has 1 heterocycles. The van der Waals surface area contributed by atoms with E-state index in [0.29, 0.717) is 5.92 Å². The van der Waals surface area contributed by atoms with Gasteiger partial charge in [0.25, 0.3) is 0 Å². The first-order valence-corrected chi connectivity index (χ1v) is 6.44. The molecule has 84 valence electrons. The normalized spacial score (nSPS) is 25.2. The van der Waals surface area contributed by atoms with Crippen LogP contribution in [0.5, 0.6) is 0 Å². The fourth-order valence-corrected chi connectivity index (χ4v) is 3.09. The maximum Gasteiger partial charge on any atom is 0.0704 e. The molecule has 0 aromatic carbocycles. The second-order valence-corrected chi connectivity index (χ2v) is 5.24. The van der Waals surface area contributed by atoms with Crippen molar-refractivity contribution in [3.05, 3.63) is 59.0 Å². The van der Waals surface area contributed by atoms with Gasteiger partial charge in [-0.25, -0.2) is 0 Å². The number of hydrogen-bond acceptors (Lipinski definition) is 1. The molecule has 1 aromatic rings. The van der Waals surface area contributed by atoms with E-state index in [1.807, 2.05) is 6.20 Å². The van der Waals surface area contributed by atoms with Crippen molar-refractivity contribution >= 4 is 5.57 Å². The lowest BCUT2D eigenvalue weighted by Gasteiger charge is -2.27. The first kappa shape index (κ1) is 9.41. The summed E-state index contributed by atoms with van der Waals surface area (Å²) in [6.45, 7) is 0. The molecule has 3 aliphatic carbocycles. The predicted octanol–water partition coefficient (Wildman–Crippen LogP) is 3.69. The average molecular weight is 221 g/mol. The van der Waals surface area contributed by atoms with Crippen LogP contribution in [0.15, 0.2) is 47.7 Å². The molecule has 0 radical (unpaired) electrons. The Hall–Kier alpha value is -1.63. The zero-order valence-corrected chi connectivity index (χ0v) is 9.82. The van der Waals surface area contributed by atoms with E-state index in [9.17, 15) is 0 Å². The van der Waals surface area contributed by atoms with Crippen LogP contribution >= 0.6 is 0 Å². The number of nitrogens with zero attached hydrogens (tertiary/aromatic N) is 1. The van der Waals surface area contributed by atoms with Gasteiger partial charge < -0.3 is 0 Å². The molecule has 0 fully saturated rings. The van der Waals surface area contributed by atoms with Crippen LogP contribution in [-0.2, 0) is 6.42 Å². The summed E-state index contributed by atoms with van der Waals surface area (Å²) in [6, 6.07) is 4.42. The lowest BCUT2D eigenvalue weighted by Crippen LogP contribution is -2.11. The zero-order chi connectivity index (χ0) is 11.2. The first-order valence-electron chi connectivity index (χ1n) is 6.44. The SMILES string of the molecule is C1=CC(C2=C3C=C(CC2)Cc2ccnc3c2)C1. The molecule has 0 amide bonds. The highest BCUT2D eigenvalue weighted by atomic mass is 14.7. The quantitative estimate of drug-likeness (QED) is 0.659. The summed E-state index contributed by atoms with van der Waals surface area (Å²) in [7, 11) is 0. The number of pyridine rings is 1. The zero-order valence-electron chi connectivity index (χ0n) is 9.82. The van der Waals surface area contributed by atoms with Crippen LogP contribution in [0.2, 0.25) is 0 Å². The molecule has 4 rings (SSSR count). The van der Waals surface area contributed by atoms with Crippen LogP contribution in [0, 0.1) is 5.92 Å². The smallest absolute Gasteiger partial charge is 0.0704 e. The summed E-state index contributed by atoms with van der Waals surface area (Å²) in [6.07, 6.45) is 13.8. The minimum atomic E-state index is 0.686. The standard InChI is InChI=1S/C16H15N/c1-2-13(3-1)14-5-4-11-8-12-6-7-17-16(10-12)15(14)9-11/h1-2,6-7,9-10,13H,3-5,8H2. The van der Waals surface area contributed by atoms with Crippen LogP contribution in [0.4, 0.5) is 0 Å². The Morgan fingerprint density at radius 3 is 3.00 bits per heavy atom. The van der Waals surface area contributed by atoms with Gasteiger partial charge in [-0.3, -0.25) is 4.98 Å². The lowest BCUT2D eigenvalue weighted by molar-refractivity contribution is 0.663. The number of allylic oxidation sites excluding steroid dienone is 6. The maximum atomic E-state index is 4.55. The molecule has 0 saturated heterocycles. The van der Waals surface area contributed by atoms with Gasteiger partial charge in [0, 0.05) is 12.1 Å². The topological polar surface area (TPSA) is 12.9 Å². The molecular weight excluding hydrogens is 206 g/mol. The van der Waals surface area contributed by atoms with Gasteiger partial charge in [-0.1, -0.05) is 29.4 Å². The maximum absolute atomic E-state index is 4.55. The highest BCUT2D eigenvalue weighted by Crippen LogP contribution is 2.41. The predicted molar refractivity (Wildman–Crippen MR) is 69.4 cm³/mol. The highest BCUT2D eigenvalue weighted by Gasteiger charge is 2.25. The minimum Gasteiger partial charge on any atom is -0.256 e. The van der Waals surface area contributed by atoms with Crippen LogP contribution in [0.3, 0.4) is 0 Å². The monoisotopic (exact) mass is 221 g/mol. The lowest BCUT2D eigenvalue weighted by atomic mass is 9.78. The highest BCUT2D eigenvalue weighted by molar-refractivity contribution is 5.78. The molecule has 1 unspecified atom stereocenters. The molecule has 1 aromatic heterocycles. The summed E-state index contributed by atoms with van der Waals surface area (Å²) in [5.41, 5.74) is 7.21. The van der Waals surface area contributed by atoms with E-state index in [-0.39, 0.29) is 0 Å². The molecule has 1 nitrogen and oxygen atoms in total. The van der Waals surface area contributed by atoms with Crippen molar-refractivity contribution < 1.29 is 0 Å². The largest absolute Gasteiger partial charge is 0.256 e. The van der Waals surface area contributed by atoms with E-state index in [4.69, 9.17) is 0 Å². The number of hydrogen-bond donors (Lipinski definition) is 0. The van der Waals surface area contributed by atoms with Gasteiger partial charge in [-0.2, -0.15) is 0 Å². The summed E-state index contributed by atoms with van der Waals surface area (Å²) >= 11 is 0. The summed E-state index contributed by atoms with van der Waals surface area (Å²) < 4.78 is 0. The van der Waals surface area contributed by atoms with Crippen molar-refractivity contribution in [3.8, 4) is 0 Å². The van der Waals surface area contributed by atoms with Gasteiger partial charge >= 0.3 is 0 Å². The van der Waals surface area contributed by atoms with Gasteiger partial charge in [-0.05, 0) is 49.0 Å². The number of rotatable bonds is 1. The third-order valence-corrected chi connectivity index (χ3v) is 4.15. The third kappa shape index (κ3) is 1.42. The average Bonchev–Trinajstić information content (AvgIpc) is 2.37. The van der Waals surface area contributed by atoms with Gasteiger partial charge in [0.05, 0.1) is 5.69 Å². The van der Waals surface area contributed by atoms with E-state index in [1.54, 1.807) is 11.1 Å². The van der Waals surface area contributed by atoms with E-state index in [2.05, 4.69) is 35.3 Å². The molecule has 0 aliphatic heterocycles. The van der Waals surface area contributed by atoms with Gasteiger partial charge in [0.15, 0.2) is 0 Å². The Morgan fingerprint density at radius 1 is 1.24 bits per heavy atom. The first-order chi connectivity index (χ1) is 8.40. The fourth-order valence-electron chi connectivity index (χ4n) is 3.09. The molecule has 1 atom stereocenters. The van der Waals surface area contributed by atoms with E-state index >= 15 is 0 Å². The van der Waals surface area contributed by atoms with Crippen LogP contribution < -0.4 is 0 Å². The van der Waals surface area contributed by atoms with E-state index in [1.165, 1.54) is 36.1 Å². The molecule has 0 spiro atoms. The molecule has 0 N–H and O–H groups in total. The number of fused-ring (bicyclic) bond motifs is 4. The molecule has 4 bridgehead atoms. The minimum absolute atomic E-state index is 0.686. The molecule has 0 saturated carbocycles. The van der Waals surface area contributed by atoms with Crippen molar-refractivity contribution in [2.75, 3.05) is 0 Å². The van der Waals surface area contributed by atoms with Crippen molar-refractivity contribution in [1.29, 1.82) is 0 Å². The van der Waals surface area contributed by atoms with Crippen LogP contribution in [0.1, 0.15) is 30.5 Å². The summed E-state index contributed by atoms with van der Waals surface area (Å²) in [5.74, 6) is 0.686. The van der Waals surface area contributed by atoms with Crippen molar-refractivity contribution in [1.82, 2.24) is 4.98 Å². The van der Waals surface area contributed by atoms with Gasteiger partial charge in [0.2, 0.25) is 0 Å². The molecular formula is C16H15N. The van der Waals surface area contributed by atoms with Crippen molar-refractivity contribution in [2.45, 2.75) is 25.7 Å². The van der Waals surface area contributed by atoms with Crippen molar-refractivity contribution in [3.63, 3.8) is 0 Å². The Kier molecular flexibility index (Phi) is 1.90. The number of aromatic nitrogens is 1. The molecule has 17 heavy (non-hydrogen) atoms. The molecule has 1 heteroatoms. The summed E-state index contributed by atoms with van der Waals surface area (Å²) in [5, 5.41) is 0. The Bertz CT molecular complexity index is 575. The Morgan fingerprint density at radius 2 is 2.18 bits per heavy atom. The van der Waals surface area contributed by atoms with E-state index < -0.39 is 0 Å².